The third-order valence-electron chi connectivity index (χ3n) is 4.08. The average molecular weight is 422 g/mol. The van der Waals surface area contributed by atoms with Crippen LogP contribution in [0.4, 0.5) is 0 Å². The van der Waals surface area contributed by atoms with Gasteiger partial charge in [0.15, 0.2) is 0 Å². The molecule has 0 aliphatic carbocycles. The molecule has 26 heavy (non-hydrogen) atoms. The Labute approximate surface area is 172 Å². The third kappa shape index (κ3) is 9.76. The Hall–Kier alpha value is -0.0500. The van der Waals surface area contributed by atoms with Gasteiger partial charge in [0.2, 0.25) is 11.8 Å². The van der Waals surface area contributed by atoms with Crippen molar-refractivity contribution in [3.05, 3.63) is 0 Å². The Bertz CT molecular complexity index is 383. The summed E-state index contributed by atoms with van der Waals surface area (Å²) in [4.78, 5) is 31.1. The predicted molar refractivity (Wildman–Crippen MR) is 118 cm³/mol. The van der Waals surface area contributed by atoms with E-state index in [0.29, 0.717) is 32.8 Å². The van der Waals surface area contributed by atoms with Gasteiger partial charge in [-0.1, -0.05) is 20.8 Å². The molecule has 0 unspecified atom stereocenters. The Balaban J connectivity index is 2.58. The van der Waals surface area contributed by atoms with Gasteiger partial charge in [-0.2, -0.15) is 35.3 Å². The molecule has 0 atom stereocenters. The number of nitrogens with zero attached hydrogens (tertiary/aromatic N) is 3. The van der Waals surface area contributed by atoms with Gasteiger partial charge < -0.3 is 9.80 Å². The molecule has 0 radical (unpaired) electrons. The van der Waals surface area contributed by atoms with E-state index in [1.165, 1.54) is 0 Å². The standard InChI is InChI=1S/C18H35N3O2S3/c1-4-24-11-7-10-19-14-20(17(22)8-12-25-5-2)16-21(15-19)18(23)9-13-26-6-3/h4-16H2,1-3H3. The molecule has 1 aliphatic rings. The van der Waals surface area contributed by atoms with E-state index in [0.717, 1.165) is 47.5 Å². The minimum absolute atomic E-state index is 0.166. The van der Waals surface area contributed by atoms with Crippen LogP contribution in [0.1, 0.15) is 40.0 Å². The molecule has 1 fully saturated rings. The molecular weight excluding hydrogens is 386 g/mol. The number of carbonyl (C=O) groups is 2. The zero-order valence-corrected chi connectivity index (χ0v) is 19.0. The normalized spacial score (nSPS) is 15.5. The quantitative estimate of drug-likeness (QED) is 0.425. The lowest BCUT2D eigenvalue weighted by molar-refractivity contribution is -0.151. The first-order valence-corrected chi connectivity index (χ1v) is 13.1. The van der Waals surface area contributed by atoms with Crippen LogP contribution in [0, 0.1) is 0 Å². The van der Waals surface area contributed by atoms with Crippen molar-refractivity contribution < 1.29 is 9.59 Å². The first-order valence-electron chi connectivity index (χ1n) is 9.63. The van der Waals surface area contributed by atoms with Crippen molar-refractivity contribution in [1.29, 1.82) is 0 Å². The highest BCUT2D eigenvalue weighted by Crippen LogP contribution is 2.14. The van der Waals surface area contributed by atoms with Crippen molar-refractivity contribution in [3.8, 4) is 0 Å². The topological polar surface area (TPSA) is 43.9 Å². The molecule has 152 valence electrons. The Morgan fingerprint density at radius 1 is 0.731 bits per heavy atom. The van der Waals surface area contributed by atoms with Gasteiger partial charge in [0.1, 0.15) is 0 Å². The van der Waals surface area contributed by atoms with Gasteiger partial charge in [-0.05, 0) is 29.4 Å². The lowest BCUT2D eigenvalue weighted by Crippen LogP contribution is -2.58. The molecule has 0 saturated carbocycles. The zero-order valence-electron chi connectivity index (χ0n) is 16.6. The van der Waals surface area contributed by atoms with Crippen molar-refractivity contribution in [1.82, 2.24) is 14.7 Å². The summed E-state index contributed by atoms with van der Waals surface area (Å²) in [7, 11) is 0. The highest BCUT2D eigenvalue weighted by atomic mass is 32.2. The van der Waals surface area contributed by atoms with Gasteiger partial charge in [0.05, 0.1) is 20.0 Å². The third-order valence-corrected chi connectivity index (χ3v) is 6.87. The second-order valence-corrected chi connectivity index (χ2v) is 10.3. The summed E-state index contributed by atoms with van der Waals surface area (Å²) in [6, 6.07) is 0. The number of thioether (sulfide) groups is 3. The molecule has 0 bridgehead atoms. The summed E-state index contributed by atoms with van der Waals surface area (Å²) in [5.74, 6) is 6.40. The summed E-state index contributed by atoms with van der Waals surface area (Å²) in [5.41, 5.74) is 0. The highest BCUT2D eigenvalue weighted by Gasteiger charge is 2.28. The smallest absolute Gasteiger partial charge is 0.225 e. The van der Waals surface area contributed by atoms with Crippen molar-refractivity contribution in [2.24, 2.45) is 0 Å². The van der Waals surface area contributed by atoms with Crippen LogP contribution in [-0.4, -0.2) is 87.6 Å². The van der Waals surface area contributed by atoms with Crippen LogP contribution in [-0.2, 0) is 9.59 Å². The van der Waals surface area contributed by atoms with Gasteiger partial charge in [0.25, 0.3) is 0 Å². The lowest BCUT2D eigenvalue weighted by atomic mass is 10.3. The number of rotatable bonds is 13. The molecular formula is C18H35N3O2S3. The fourth-order valence-electron chi connectivity index (χ4n) is 2.74. The lowest BCUT2D eigenvalue weighted by Gasteiger charge is -2.42. The predicted octanol–water partition coefficient (Wildman–Crippen LogP) is 3.26. The molecule has 0 aromatic rings. The van der Waals surface area contributed by atoms with E-state index in [-0.39, 0.29) is 11.8 Å². The summed E-state index contributed by atoms with van der Waals surface area (Å²) < 4.78 is 0. The van der Waals surface area contributed by atoms with E-state index in [2.05, 4.69) is 25.7 Å². The molecule has 1 aliphatic heterocycles. The summed E-state index contributed by atoms with van der Waals surface area (Å²) >= 11 is 5.53. The van der Waals surface area contributed by atoms with E-state index in [1.54, 1.807) is 23.5 Å². The fraction of sp³-hybridized carbons (Fsp3) is 0.889. The average Bonchev–Trinajstić information content (AvgIpc) is 2.65. The van der Waals surface area contributed by atoms with Crippen LogP contribution in [0.2, 0.25) is 0 Å². The number of amides is 2. The van der Waals surface area contributed by atoms with Gasteiger partial charge in [-0.15, -0.1) is 0 Å². The monoisotopic (exact) mass is 421 g/mol. The van der Waals surface area contributed by atoms with E-state index in [4.69, 9.17) is 0 Å². The molecule has 1 saturated heterocycles. The Kier molecular flexibility index (Phi) is 13.8. The first kappa shape index (κ1) is 24.0. The van der Waals surface area contributed by atoms with Gasteiger partial charge >= 0.3 is 0 Å². The molecule has 0 aromatic carbocycles. The maximum absolute atomic E-state index is 12.6. The van der Waals surface area contributed by atoms with Crippen LogP contribution < -0.4 is 0 Å². The van der Waals surface area contributed by atoms with Gasteiger partial charge in [0, 0.05) is 30.9 Å². The molecule has 0 N–H and O–H groups in total. The number of hydrogen-bond acceptors (Lipinski definition) is 6. The van der Waals surface area contributed by atoms with Crippen LogP contribution in [0.5, 0.6) is 0 Å². The van der Waals surface area contributed by atoms with E-state index < -0.39 is 0 Å². The van der Waals surface area contributed by atoms with Gasteiger partial charge in [-0.3, -0.25) is 14.5 Å². The number of carbonyl (C=O) groups excluding carboxylic acids is 2. The van der Waals surface area contributed by atoms with Crippen LogP contribution in [0.15, 0.2) is 0 Å². The molecule has 2 amide bonds. The second-order valence-electron chi connectivity index (χ2n) is 6.13. The SMILES string of the molecule is CCSCCCN1CN(C(=O)CCSCC)CN(C(=O)CCSCC)C1. The summed E-state index contributed by atoms with van der Waals surface area (Å²) in [6.45, 7) is 9.09. The molecule has 0 aromatic heterocycles. The second kappa shape index (κ2) is 14.9. The zero-order chi connectivity index (χ0) is 19.2. The molecule has 5 nitrogen and oxygen atoms in total. The fourth-order valence-corrected chi connectivity index (χ4v) is 4.58. The van der Waals surface area contributed by atoms with Gasteiger partial charge in [-0.25, -0.2) is 0 Å². The van der Waals surface area contributed by atoms with E-state index in [1.807, 2.05) is 21.6 Å². The Morgan fingerprint density at radius 2 is 1.19 bits per heavy atom. The molecule has 1 rings (SSSR count). The van der Waals surface area contributed by atoms with Crippen LogP contribution in [0.3, 0.4) is 0 Å². The summed E-state index contributed by atoms with van der Waals surface area (Å²) in [5, 5.41) is 0. The maximum Gasteiger partial charge on any atom is 0.225 e. The minimum atomic E-state index is 0.166. The number of hydrogen-bond donors (Lipinski definition) is 0. The van der Waals surface area contributed by atoms with Crippen molar-refractivity contribution >= 4 is 47.1 Å². The summed E-state index contributed by atoms with van der Waals surface area (Å²) in [6.07, 6.45) is 2.22. The minimum Gasteiger partial charge on any atom is -0.312 e. The molecule has 1 heterocycles. The maximum atomic E-state index is 12.6. The van der Waals surface area contributed by atoms with Crippen molar-refractivity contribution in [3.63, 3.8) is 0 Å². The largest absolute Gasteiger partial charge is 0.312 e. The Morgan fingerprint density at radius 3 is 1.65 bits per heavy atom. The molecule has 8 heteroatoms. The van der Waals surface area contributed by atoms with Crippen LogP contribution >= 0.6 is 35.3 Å². The van der Waals surface area contributed by atoms with E-state index in [9.17, 15) is 9.59 Å². The first-order chi connectivity index (χ1) is 12.6. The van der Waals surface area contributed by atoms with Crippen molar-refractivity contribution in [2.75, 3.05) is 61.1 Å². The highest BCUT2D eigenvalue weighted by molar-refractivity contribution is 7.99. The van der Waals surface area contributed by atoms with Crippen LogP contribution in [0.25, 0.3) is 0 Å². The van der Waals surface area contributed by atoms with Crippen molar-refractivity contribution in [2.45, 2.75) is 40.0 Å². The van der Waals surface area contributed by atoms with E-state index >= 15 is 0 Å². The molecule has 0 spiro atoms.